The number of rotatable bonds is 1. The Hall–Kier alpha value is -1.74. The smallest absolute Gasteiger partial charge is 0.0576 e. The standard InChI is InChI=1S/C16H14N2.BrH/c1-3-7-14-11(5-1)9-16(18-14)13-10-17-15-8-4-2-6-12(13)15;/h1-8,10,16-18H,9H2;1H. The summed E-state index contributed by atoms with van der Waals surface area (Å²) in [6, 6.07) is 17.4. The minimum Gasteiger partial charge on any atom is -0.378 e. The fraction of sp³-hybridized carbons (Fsp3) is 0.125. The molecular weight excluding hydrogens is 300 g/mol. The number of H-pyrrole nitrogens is 1. The summed E-state index contributed by atoms with van der Waals surface area (Å²) in [5, 5.41) is 4.93. The van der Waals surface area contributed by atoms with Crippen molar-refractivity contribution in [2.45, 2.75) is 12.5 Å². The van der Waals surface area contributed by atoms with Crippen LogP contribution < -0.4 is 5.32 Å². The molecule has 2 heterocycles. The van der Waals surface area contributed by atoms with Crippen LogP contribution in [0.15, 0.2) is 54.7 Å². The van der Waals surface area contributed by atoms with Crippen LogP contribution in [0.4, 0.5) is 5.69 Å². The SMILES string of the molecule is Br.c1ccc2c(c1)CC(c1c[nH]c3ccccc13)N2. The number of nitrogens with one attached hydrogen (secondary N) is 2. The Morgan fingerprint density at radius 1 is 0.947 bits per heavy atom. The van der Waals surface area contributed by atoms with Gasteiger partial charge in [-0.2, -0.15) is 0 Å². The van der Waals surface area contributed by atoms with E-state index in [1.54, 1.807) is 0 Å². The summed E-state index contributed by atoms with van der Waals surface area (Å²) in [7, 11) is 0. The van der Waals surface area contributed by atoms with E-state index in [4.69, 9.17) is 0 Å². The monoisotopic (exact) mass is 314 g/mol. The Bertz CT molecular complexity index is 692. The van der Waals surface area contributed by atoms with Crippen LogP contribution in [-0.4, -0.2) is 4.98 Å². The zero-order chi connectivity index (χ0) is 11.9. The quantitative estimate of drug-likeness (QED) is 0.682. The molecule has 0 amide bonds. The third-order valence-corrected chi connectivity index (χ3v) is 3.77. The van der Waals surface area contributed by atoms with Crippen LogP contribution in [0.3, 0.4) is 0 Å². The van der Waals surface area contributed by atoms with E-state index >= 15 is 0 Å². The number of hydrogen-bond acceptors (Lipinski definition) is 1. The van der Waals surface area contributed by atoms with Gasteiger partial charge in [-0.1, -0.05) is 36.4 Å². The first-order valence-corrected chi connectivity index (χ1v) is 6.32. The van der Waals surface area contributed by atoms with Gasteiger partial charge in [0.05, 0.1) is 6.04 Å². The normalized spacial score (nSPS) is 16.7. The predicted molar refractivity (Wildman–Crippen MR) is 85.1 cm³/mol. The molecule has 3 heteroatoms. The van der Waals surface area contributed by atoms with Crippen molar-refractivity contribution in [3.05, 3.63) is 65.9 Å². The molecule has 0 bridgehead atoms. The number of benzene rings is 2. The van der Waals surface area contributed by atoms with E-state index in [2.05, 4.69) is 65.0 Å². The first-order valence-electron chi connectivity index (χ1n) is 6.32. The van der Waals surface area contributed by atoms with Crippen LogP contribution in [-0.2, 0) is 6.42 Å². The summed E-state index contributed by atoms with van der Waals surface area (Å²) < 4.78 is 0. The number of halogens is 1. The first kappa shape index (κ1) is 12.3. The molecule has 2 aromatic carbocycles. The average Bonchev–Trinajstić information content (AvgIpc) is 3.02. The number of hydrogen-bond donors (Lipinski definition) is 2. The minimum absolute atomic E-state index is 0. The zero-order valence-corrected chi connectivity index (χ0v) is 12.1. The minimum atomic E-state index is 0. The van der Waals surface area contributed by atoms with Gasteiger partial charge in [0, 0.05) is 22.8 Å². The largest absolute Gasteiger partial charge is 0.378 e. The predicted octanol–water partition coefficient (Wildman–Crippen LogP) is 4.46. The third-order valence-electron chi connectivity index (χ3n) is 3.77. The average molecular weight is 315 g/mol. The molecule has 2 nitrogen and oxygen atoms in total. The summed E-state index contributed by atoms with van der Waals surface area (Å²) in [5.41, 5.74) is 5.26. The summed E-state index contributed by atoms with van der Waals surface area (Å²) in [4.78, 5) is 3.35. The van der Waals surface area contributed by atoms with Gasteiger partial charge in [-0.05, 0) is 29.7 Å². The van der Waals surface area contributed by atoms with Crippen LogP contribution >= 0.6 is 17.0 Å². The second-order valence-corrected chi connectivity index (χ2v) is 4.85. The van der Waals surface area contributed by atoms with E-state index < -0.39 is 0 Å². The number of para-hydroxylation sites is 2. The number of aromatic nitrogens is 1. The van der Waals surface area contributed by atoms with Crippen LogP contribution in [0.5, 0.6) is 0 Å². The second kappa shape index (κ2) is 4.74. The number of fused-ring (bicyclic) bond motifs is 2. The first-order chi connectivity index (χ1) is 8.92. The van der Waals surface area contributed by atoms with E-state index in [1.165, 1.54) is 27.7 Å². The lowest BCUT2D eigenvalue weighted by atomic mass is 10.0. The van der Waals surface area contributed by atoms with Gasteiger partial charge in [0.2, 0.25) is 0 Å². The van der Waals surface area contributed by atoms with Crippen molar-refractivity contribution >= 4 is 33.6 Å². The van der Waals surface area contributed by atoms with Gasteiger partial charge in [-0.3, -0.25) is 0 Å². The molecule has 1 atom stereocenters. The van der Waals surface area contributed by atoms with Crippen molar-refractivity contribution in [1.82, 2.24) is 4.98 Å². The summed E-state index contributed by atoms with van der Waals surface area (Å²) in [6.45, 7) is 0. The lowest BCUT2D eigenvalue weighted by molar-refractivity contribution is 0.832. The van der Waals surface area contributed by atoms with Crippen LogP contribution in [0.2, 0.25) is 0 Å². The lowest BCUT2D eigenvalue weighted by Crippen LogP contribution is -2.04. The summed E-state index contributed by atoms with van der Waals surface area (Å²) in [6.07, 6.45) is 3.20. The van der Waals surface area contributed by atoms with E-state index in [9.17, 15) is 0 Å². The van der Waals surface area contributed by atoms with Crippen LogP contribution in [0.25, 0.3) is 10.9 Å². The molecule has 0 saturated heterocycles. The molecule has 96 valence electrons. The van der Waals surface area contributed by atoms with Gasteiger partial charge in [0.25, 0.3) is 0 Å². The molecule has 4 rings (SSSR count). The Labute approximate surface area is 122 Å². The molecule has 2 N–H and O–H groups in total. The van der Waals surface area contributed by atoms with E-state index in [1.807, 2.05) is 0 Å². The van der Waals surface area contributed by atoms with Gasteiger partial charge in [-0.25, -0.2) is 0 Å². The van der Waals surface area contributed by atoms with Crippen LogP contribution in [0.1, 0.15) is 17.2 Å². The molecule has 0 fully saturated rings. The fourth-order valence-electron chi connectivity index (χ4n) is 2.87. The molecule has 0 radical (unpaired) electrons. The van der Waals surface area contributed by atoms with E-state index in [-0.39, 0.29) is 17.0 Å². The van der Waals surface area contributed by atoms with Crippen LogP contribution in [0, 0.1) is 0 Å². The Kier molecular flexibility index (Phi) is 3.07. The van der Waals surface area contributed by atoms with Gasteiger partial charge in [-0.15, -0.1) is 17.0 Å². The molecular formula is C16H15BrN2. The maximum atomic E-state index is 3.61. The second-order valence-electron chi connectivity index (χ2n) is 4.85. The highest BCUT2D eigenvalue weighted by molar-refractivity contribution is 8.93. The molecule has 0 aliphatic carbocycles. The van der Waals surface area contributed by atoms with Crippen molar-refractivity contribution in [2.24, 2.45) is 0 Å². The number of aromatic amines is 1. The number of anilines is 1. The molecule has 0 saturated carbocycles. The maximum absolute atomic E-state index is 3.61. The molecule has 1 aliphatic rings. The van der Waals surface area contributed by atoms with Crippen molar-refractivity contribution in [2.75, 3.05) is 5.32 Å². The van der Waals surface area contributed by atoms with Crippen molar-refractivity contribution in [3.63, 3.8) is 0 Å². The highest BCUT2D eigenvalue weighted by Crippen LogP contribution is 2.36. The van der Waals surface area contributed by atoms with Crippen molar-refractivity contribution in [3.8, 4) is 0 Å². The lowest BCUT2D eigenvalue weighted by Gasteiger charge is -2.10. The Morgan fingerprint density at radius 3 is 2.63 bits per heavy atom. The maximum Gasteiger partial charge on any atom is 0.0576 e. The topological polar surface area (TPSA) is 27.8 Å². The Morgan fingerprint density at radius 2 is 1.74 bits per heavy atom. The Balaban J connectivity index is 0.00000110. The third kappa shape index (κ3) is 1.94. The molecule has 1 aromatic heterocycles. The molecule has 1 aliphatic heterocycles. The van der Waals surface area contributed by atoms with Gasteiger partial charge in [0.1, 0.15) is 0 Å². The van der Waals surface area contributed by atoms with Crippen molar-refractivity contribution in [1.29, 1.82) is 0 Å². The van der Waals surface area contributed by atoms with Gasteiger partial charge < -0.3 is 10.3 Å². The zero-order valence-electron chi connectivity index (χ0n) is 10.4. The molecule has 0 spiro atoms. The molecule has 19 heavy (non-hydrogen) atoms. The molecule has 1 unspecified atom stereocenters. The van der Waals surface area contributed by atoms with Crippen molar-refractivity contribution < 1.29 is 0 Å². The summed E-state index contributed by atoms with van der Waals surface area (Å²) >= 11 is 0. The fourth-order valence-corrected chi connectivity index (χ4v) is 2.87. The highest BCUT2D eigenvalue weighted by Gasteiger charge is 2.23. The van der Waals surface area contributed by atoms with Gasteiger partial charge in [0.15, 0.2) is 0 Å². The molecule has 3 aromatic rings. The summed E-state index contributed by atoms with van der Waals surface area (Å²) in [5.74, 6) is 0. The van der Waals surface area contributed by atoms with E-state index in [0.717, 1.165) is 6.42 Å². The highest BCUT2D eigenvalue weighted by atomic mass is 79.9. The van der Waals surface area contributed by atoms with E-state index in [0.29, 0.717) is 6.04 Å². The van der Waals surface area contributed by atoms with Gasteiger partial charge >= 0.3 is 0 Å².